The second-order valence-electron chi connectivity index (χ2n) is 4.71. The van der Waals surface area contributed by atoms with Crippen LogP contribution in [0.2, 0.25) is 5.02 Å². The average molecular weight is 333 g/mol. The quantitative estimate of drug-likeness (QED) is 0.921. The lowest BCUT2D eigenvalue weighted by atomic mass is 10.0. The van der Waals surface area contributed by atoms with Gasteiger partial charge in [-0.3, -0.25) is 4.79 Å². The fourth-order valence-corrected chi connectivity index (χ4v) is 2.41. The maximum Gasteiger partial charge on any atom is 0.251 e. The molecule has 1 fully saturated rings. The largest absolute Gasteiger partial charge is 0.373 e. The Morgan fingerprint density at radius 3 is 3.00 bits per heavy atom. The number of carbonyl (C=O) groups excluding carboxylic acids is 1. The van der Waals surface area contributed by atoms with Gasteiger partial charge in [0.2, 0.25) is 0 Å². The molecule has 1 saturated heterocycles. The second-order valence-corrected chi connectivity index (χ2v) is 5.98. The highest BCUT2D eigenvalue weighted by Gasteiger charge is 2.30. The molecule has 0 aromatic heterocycles. The minimum absolute atomic E-state index is 0.124. The molecule has 1 aliphatic rings. The first kappa shape index (κ1) is 13.8. The molecule has 2 rings (SSSR count). The molecule has 1 aromatic carbocycles. The summed E-state index contributed by atoms with van der Waals surface area (Å²) < 4.78 is 6.41. The Morgan fingerprint density at radius 2 is 2.39 bits per heavy atom. The molecule has 1 N–H and O–H groups in total. The molecule has 0 saturated carbocycles. The van der Waals surface area contributed by atoms with Gasteiger partial charge in [-0.05, 0) is 53.9 Å². The molecule has 3 nitrogen and oxygen atoms in total. The number of hydrogen-bond donors (Lipinski definition) is 1. The van der Waals surface area contributed by atoms with Gasteiger partial charge in [0, 0.05) is 23.2 Å². The molecule has 1 amide bonds. The fourth-order valence-electron chi connectivity index (χ4n) is 1.98. The first-order valence-corrected chi connectivity index (χ1v) is 7.04. The minimum Gasteiger partial charge on any atom is -0.373 e. The number of rotatable bonds is 3. The molecular weight excluding hydrogens is 318 g/mol. The number of halogens is 2. The van der Waals surface area contributed by atoms with Crippen LogP contribution in [0.15, 0.2) is 22.7 Å². The number of benzene rings is 1. The maximum absolute atomic E-state index is 12.0. The van der Waals surface area contributed by atoms with Gasteiger partial charge in [0.1, 0.15) is 0 Å². The molecule has 0 bridgehead atoms. The van der Waals surface area contributed by atoms with Gasteiger partial charge >= 0.3 is 0 Å². The highest BCUT2D eigenvalue weighted by molar-refractivity contribution is 9.10. The van der Waals surface area contributed by atoms with Crippen LogP contribution < -0.4 is 5.32 Å². The van der Waals surface area contributed by atoms with Gasteiger partial charge in [-0.25, -0.2) is 0 Å². The Morgan fingerprint density at radius 1 is 1.61 bits per heavy atom. The van der Waals surface area contributed by atoms with Crippen molar-refractivity contribution in [3.8, 4) is 0 Å². The van der Waals surface area contributed by atoms with Crippen molar-refractivity contribution in [2.45, 2.75) is 25.4 Å². The summed E-state index contributed by atoms with van der Waals surface area (Å²) >= 11 is 9.26. The van der Waals surface area contributed by atoms with Gasteiger partial charge in [-0.1, -0.05) is 11.6 Å². The van der Waals surface area contributed by atoms with E-state index >= 15 is 0 Å². The molecule has 1 unspecified atom stereocenters. The summed E-state index contributed by atoms with van der Waals surface area (Å²) in [6.07, 6.45) is 2.03. The molecule has 1 aliphatic heterocycles. The molecule has 1 atom stereocenters. The van der Waals surface area contributed by atoms with Crippen molar-refractivity contribution in [1.82, 2.24) is 5.32 Å². The molecule has 5 heteroatoms. The molecule has 18 heavy (non-hydrogen) atoms. The number of carbonyl (C=O) groups is 1. The van der Waals surface area contributed by atoms with Crippen molar-refractivity contribution in [2.75, 3.05) is 13.2 Å². The zero-order valence-corrected chi connectivity index (χ0v) is 12.5. The first-order valence-electron chi connectivity index (χ1n) is 5.87. The summed E-state index contributed by atoms with van der Waals surface area (Å²) in [5.41, 5.74) is 0.333. The summed E-state index contributed by atoms with van der Waals surface area (Å²) in [6, 6.07) is 5.16. The second kappa shape index (κ2) is 5.59. The topological polar surface area (TPSA) is 38.3 Å². The van der Waals surface area contributed by atoms with E-state index in [2.05, 4.69) is 21.2 Å². The summed E-state index contributed by atoms with van der Waals surface area (Å²) in [4.78, 5) is 12.0. The van der Waals surface area contributed by atoms with Crippen LogP contribution in [0.5, 0.6) is 0 Å². The van der Waals surface area contributed by atoms with Gasteiger partial charge in [-0.15, -0.1) is 0 Å². The molecule has 0 aliphatic carbocycles. The number of nitrogens with one attached hydrogen (secondary N) is 1. The normalized spacial score (nSPS) is 23.1. The highest BCUT2D eigenvalue weighted by atomic mass is 79.9. The van der Waals surface area contributed by atoms with Crippen molar-refractivity contribution in [3.05, 3.63) is 33.3 Å². The molecular formula is C13H15BrClNO2. The summed E-state index contributed by atoms with van der Waals surface area (Å²) in [5, 5.41) is 3.42. The van der Waals surface area contributed by atoms with Crippen LogP contribution in [0.3, 0.4) is 0 Å². The summed E-state index contributed by atoms with van der Waals surface area (Å²) in [6.45, 7) is 3.32. The Labute approximate surface area is 120 Å². The van der Waals surface area contributed by atoms with Crippen LogP contribution in [-0.2, 0) is 4.74 Å². The van der Waals surface area contributed by atoms with Crippen LogP contribution in [0.4, 0.5) is 0 Å². The van der Waals surface area contributed by atoms with Gasteiger partial charge < -0.3 is 10.1 Å². The van der Waals surface area contributed by atoms with Crippen molar-refractivity contribution in [3.63, 3.8) is 0 Å². The van der Waals surface area contributed by atoms with Crippen molar-refractivity contribution >= 4 is 33.4 Å². The third kappa shape index (κ3) is 3.25. The van der Waals surface area contributed by atoms with Crippen molar-refractivity contribution in [2.24, 2.45) is 0 Å². The molecule has 1 aromatic rings. The Bertz CT molecular complexity index is 458. The molecule has 1 heterocycles. The molecule has 0 spiro atoms. The van der Waals surface area contributed by atoms with E-state index in [-0.39, 0.29) is 11.5 Å². The number of amides is 1. The van der Waals surface area contributed by atoms with Gasteiger partial charge in [0.15, 0.2) is 0 Å². The zero-order valence-electron chi connectivity index (χ0n) is 10.1. The Balaban J connectivity index is 1.97. The van der Waals surface area contributed by atoms with E-state index in [0.717, 1.165) is 23.9 Å². The van der Waals surface area contributed by atoms with E-state index in [0.29, 0.717) is 17.1 Å². The molecule has 98 valence electrons. The Kier molecular flexibility index (Phi) is 4.30. The smallest absolute Gasteiger partial charge is 0.251 e. The third-order valence-corrected chi connectivity index (χ3v) is 4.34. The van der Waals surface area contributed by atoms with Gasteiger partial charge in [0.05, 0.1) is 10.6 Å². The van der Waals surface area contributed by atoms with Crippen molar-refractivity contribution in [1.29, 1.82) is 0 Å². The van der Waals surface area contributed by atoms with E-state index in [1.807, 2.05) is 6.92 Å². The van der Waals surface area contributed by atoms with Gasteiger partial charge in [0.25, 0.3) is 5.91 Å². The summed E-state index contributed by atoms with van der Waals surface area (Å²) in [5.74, 6) is -0.124. The van der Waals surface area contributed by atoms with Crippen LogP contribution in [0.25, 0.3) is 0 Å². The van der Waals surface area contributed by atoms with E-state index in [9.17, 15) is 4.79 Å². The maximum atomic E-state index is 12.0. The number of ether oxygens (including phenoxy) is 1. The van der Waals surface area contributed by atoms with Crippen LogP contribution in [-0.4, -0.2) is 24.7 Å². The Hall–Kier alpha value is -0.580. The van der Waals surface area contributed by atoms with E-state index in [1.54, 1.807) is 18.2 Å². The van der Waals surface area contributed by atoms with Gasteiger partial charge in [-0.2, -0.15) is 0 Å². The van der Waals surface area contributed by atoms with Crippen LogP contribution >= 0.6 is 27.5 Å². The van der Waals surface area contributed by atoms with E-state index < -0.39 is 0 Å². The van der Waals surface area contributed by atoms with Crippen molar-refractivity contribution < 1.29 is 9.53 Å². The lowest BCUT2D eigenvalue weighted by molar-refractivity contribution is 0.0206. The first-order chi connectivity index (χ1) is 8.50. The standard InChI is InChI=1S/C13H15BrClNO2/c1-13(5-2-6-18-13)8-16-12(17)9-3-4-10(14)11(15)7-9/h3-4,7H,2,5-6,8H2,1H3,(H,16,17). The third-order valence-electron chi connectivity index (χ3n) is 3.11. The van der Waals surface area contributed by atoms with E-state index in [4.69, 9.17) is 16.3 Å². The van der Waals surface area contributed by atoms with E-state index in [1.165, 1.54) is 0 Å². The molecule has 0 radical (unpaired) electrons. The van der Waals surface area contributed by atoms with Crippen LogP contribution in [0, 0.1) is 0 Å². The average Bonchev–Trinajstić information content (AvgIpc) is 2.77. The number of hydrogen-bond acceptors (Lipinski definition) is 2. The fraction of sp³-hybridized carbons (Fsp3) is 0.462. The zero-order chi connectivity index (χ0) is 13.2. The summed E-state index contributed by atoms with van der Waals surface area (Å²) in [7, 11) is 0. The minimum atomic E-state index is -0.227. The SMILES string of the molecule is CC1(CNC(=O)c2ccc(Br)c(Cl)c2)CCCO1. The monoisotopic (exact) mass is 331 g/mol. The lowest BCUT2D eigenvalue weighted by Crippen LogP contribution is -2.40. The van der Waals surface area contributed by atoms with Crippen LogP contribution in [0.1, 0.15) is 30.1 Å². The lowest BCUT2D eigenvalue weighted by Gasteiger charge is -2.23. The predicted molar refractivity (Wildman–Crippen MR) is 75.1 cm³/mol. The highest BCUT2D eigenvalue weighted by Crippen LogP contribution is 2.25. The predicted octanol–water partition coefficient (Wildman–Crippen LogP) is 3.40.